The minimum atomic E-state index is -0.400. The zero-order valence-corrected chi connectivity index (χ0v) is 16.8. The molecular weight excluding hydrogens is 384 g/mol. The summed E-state index contributed by atoms with van der Waals surface area (Å²) in [6, 6.07) is 6.61. The molecule has 1 aliphatic heterocycles. The molecule has 1 fully saturated rings. The van der Waals surface area contributed by atoms with E-state index in [-0.39, 0.29) is 11.0 Å². The van der Waals surface area contributed by atoms with Crippen molar-refractivity contribution in [2.45, 2.75) is 57.2 Å². The molecule has 1 aromatic rings. The van der Waals surface area contributed by atoms with Gasteiger partial charge in [-0.05, 0) is 63.6 Å². The molecule has 0 bridgehead atoms. The van der Waals surface area contributed by atoms with Gasteiger partial charge in [0.05, 0.1) is 11.3 Å². The summed E-state index contributed by atoms with van der Waals surface area (Å²) < 4.78 is 6.88. The second-order valence-electron chi connectivity index (χ2n) is 7.77. The average molecular weight is 407 g/mol. The first-order valence-corrected chi connectivity index (χ1v) is 9.76. The van der Waals surface area contributed by atoms with Crippen LogP contribution in [0.15, 0.2) is 27.7 Å². The summed E-state index contributed by atoms with van der Waals surface area (Å²) in [6.07, 6.45) is 5.36. The molecule has 5 heteroatoms. The number of thiocarbonyl (C=S) groups is 1. The lowest BCUT2D eigenvalue weighted by Gasteiger charge is -2.49. The Bertz CT molecular complexity index is 752. The van der Waals surface area contributed by atoms with Crippen LogP contribution in [0.2, 0.25) is 0 Å². The maximum absolute atomic E-state index is 5.78. The topological polar surface area (TPSA) is 33.6 Å². The van der Waals surface area contributed by atoms with Gasteiger partial charge in [-0.2, -0.15) is 0 Å². The van der Waals surface area contributed by atoms with Crippen molar-refractivity contribution >= 4 is 38.8 Å². The Hall–Kier alpha value is -0.780. The number of methoxy groups -OCH3 is 1. The van der Waals surface area contributed by atoms with Crippen LogP contribution in [0.1, 0.15) is 50.7 Å². The van der Waals surface area contributed by atoms with Crippen LogP contribution in [0.25, 0.3) is 0 Å². The van der Waals surface area contributed by atoms with Crippen molar-refractivity contribution in [2.75, 3.05) is 7.11 Å². The number of halogens is 1. The van der Waals surface area contributed by atoms with E-state index in [1.165, 1.54) is 11.1 Å². The first-order chi connectivity index (χ1) is 11.3. The Kier molecular flexibility index (Phi) is 3.72. The van der Waals surface area contributed by atoms with Crippen molar-refractivity contribution < 1.29 is 4.74 Å². The SMILES string of the molecule is CO[C@]1(C)CC[C@@]2(CC1)Cc1ccc(Br)cc1C21N=C(C)C(=S)N1. The predicted molar refractivity (Wildman–Crippen MR) is 105 cm³/mol. The fourth-order valence-electron chi connectivity index (χ4n) is 4.78. The van der Waals surface area contributed by atoms with Gasteiger partial charge in [0.25, 0.3) is 0 Å². The maximum Gasteiger partial charge on any atom is 0.162 e. The third kappa shape index (κ3) is 2.17. The van der Waals surface area contributed by atoms with Crippen molar-refractivity contribution in [2.24, 2.45) is 10.4 Å². The van der Waals surface area contributed by atoms with E-state index in [9.17, 15) is 0 Å². The van der Waals surface area contributed by atoms with E-state index in [4.69, 9.17) is 21.9 Å². The van der Waals surface area contributed by atoms with Crippen LogP contribution in [0.3, 0.4) is 0 Å². The van der Waals surface area contributed by atoms with Gasteiger partial charge in [-0.3, -0.25) is 4.99 Å². The van der Waals surface area contributed by atoms with Gasteiger partial charge in [0.15, 0.2) is 5.66 Å². The van der Waals surface area contributed by atoms with Crippen molar-refractivity contribution in [3.8, 4) is 0 Å². The van der Waals surface area contributed by atoms with Crippen LogP contribution in [0.5, 0.6) is 0 Å². The highest BCUT2D eigenvalue weighted by molar-refractivity contribution is 9.10. The molecular formula is C19H23BrN2OS. The maximum atomic E-state index is 5.78. The number of rotatable bonds is 1. The third-order valence-electron chi connectivity index (χ3n) is 6.47. The summed E-state index contributed by atoms with van der Waals surface area (Å²) in [4.78, 5) is 5.93. The molecule has 0 saturated heterocycles. The second-order valence-corrected chi connectivity index (χ2v) is 9.10. The molecule has 1 heterocycles. The highest BCUT2D eigenvalue weighted by Gasteiger charge is 2.62. The van der Waals surface area contributed by atoms with Gasteiger partial charge < -0.3 is 10.1 Å². The lowest BCUT2D eigenvalue weighted by molar-refractivity contribution is -0.0708. The van der Waals surface area contributed by atoms with Gasteiger partial charge in [0.2, 0.25) is 0 Å². The monoisotopic (exact) mass is 406 g/mol. The molecule has 2 spiro atoms. The van der Waals surface area contributed by atoms with Crippen LogP contribution >= 0.6 is 28.1 Å². The predicted octanol–water partition coefficient (Wildman–Crippen LogP) is 4.52. The van der Waals surface area contributed by atoms with E-state index < -0.39 is 5.66 Å². The fraction of sp³-hybridized carbons (Fsp3) is 0.579. The first-order valence-electron chi connectivity index (χ1n) is 8.56. The summed E-state index contributed by atoms with van der Waals surface area (Å²) in [5.41, 5.74) is 3.31. The van der Waals surface area contributed by atoms with E-state index in [2.05, 4.69) is 46.4 Å². The number of nitrogens with one attached hydrogen (secondary N) is 1. The zero-order chi connectivity index (χ0) is 17.2. The Morgan fingerprint density at radius 3 is 2.54 bits per heavy atom. The number of hydrogen-bond acceptors (Lipinski definition) is 3. The molecule has 1 N–H and O–H groups in total. The van der Waals surface area contributed by atoms with Gasteiger partial charge in [-0.1, -0.05) is 34.2 Å². The lowest BCUT2D eigenvalue weighted by Crippen LogP contribution is -2.54. The molecule has 1 saturated carbocycles. The number of nitrogens with zero attached hydrogens (tertiary/aromatic N) is 1. The molecule has 1 unspecified atom stereocenters. The first kappa shape index (κ1) is 16.7. The molecule has 1 atom stereocenters. The molecule has 24 heavy (non-hydrogen) atoms. The van der Waals surface area contributed by atoms with Gasteiger partial charge in [0.1, 0.15) is 4.99 Å². The molecule has 0 amide bonds. The summed E-state index contributed by atoms with van der Waals surface area (Å²) in [5, 5.41) is 3.63. The summed E-state index contributed by atoms with van der Waals surface area (Å²) in [5.74, 6) is 0. The van der Waals surface area contributed by atoms with E-state index in [0.29, 0.717) is 0 Å². The highest BCUT2D eigenvalue weighted by Crippen LogP contribution is 2.61. The fourth-order valence-corrected chi connectivity index (χ4v) is 5.34. The largest absolute Gasteiger partial charge is 0.379 e. The quantitative estimate of drug-likeness (QED) is 0.696. The van der Waals surface area contributed by atoms with Gasteiger partial charge in [0, 0.05) is 22.6 Å². The van der Waals surface area contributed by atoms with Gasteiger partial charge in [-0.15, -0.1) is 0 Å². The Balaban J connectivity index is 1.83. The van der Waals surface area contributed by atoms with Crippen LogP contribution < -0.4 is 5.32 Å². The summed E-state index contributed by atoms with van der Waals surface area (Å²) in [6.45, 7) is 4.25. The van der Waals surface area contributed by atoms with E-state index in [1.54, 1.807) is 0 Å². The number of fused-ring (bicyclic) bond motifs is 3. The van der Waals surface area contributed by atoms with Crippen LogP contribution in [-0.2, 0) is 16.8 Å². The smallest absolute Gasteiger partial charge is 0.162 e. The second kappa shape index (κ2) is 5.36. The molecule has 2 aliphatic carbocycles. The Morgan fingerprint density at radius 2 is 1.96 bits per heavy atom. The molecule has 1 aromatic carbocycles. The standard InChI is InChI=1S/C19H23BrN2OS/c1-12-16(24)22-19(21-12)15-10-14(20)5-4-13(15)11-18(19)8-6-17(2,23-3)7-9-18/h4-5,10H,6-9,11H2,1-3H3,(H,22,24)/t17-,18-,19?. The van der Waals surface area contributed by atoms with Crippen LogP contribution in [0, 0.1) is 5.41 Å². The minimum absolute atomic E-state index is 0.0142. The third-order valence-corrected chi connectivity index (χ3v) is 7.36. The molecule has 3 aliphatic rings. The average Bonchev–Trinajstić information content (AvgIpc) is 3.00. The molecule has 128 valence electrons. The summed E-state index contributed by atoms with van der Waals surface area (Å²) >= 11 is 9.19. The lowest BCUT2D eigenvalue weighted by atomic mass is 9.63. The number of ether oxygens (including phenoxy) is 1. The molecule has 0 aromatic heterocycles. The van der Waals surface area contributed by atoms with Crippen LogP contribution in [0.4, 0.5) is 0 Å². The number of aliphatic imine (C=N–C) groups is 1. The van der Waals surface area contributed by atoms with E-state index in [1.807, 2.05) is 14.0 Å². The van der Waals surface area contributed by atoms with Crippen LogP contribution in [-0.4, -0.2) is 23.4 Å². The zero-order valence-electron chi connectivity index (χ0n) is 14.4. The minimum Gasteiger partial charge on any atom is -0.379 e. The highest BCUT2D eigenvalue weighted by atomic mass is 79.9. The molecule has 4 rings (SSSR count). The van der Waals surface area contributed by atoms with Crippen molar-refractivity contribution in [1.29, 1.82) is 0 Å². The van der Waals surface area contributed by atoms with Gasteiger partial charge in [-0.25, -0.2) is 0 Å². The van der Waals surface area contributed by atoms with E-state index >= 15 is 0 Å². The van der Waals surface area contributed by atoms with Crippen molar-refractivity contribution in [1.82, 2.24) is 5.32 Å². The molecule has 0 radical (unpaired) electrons. The molecule has 3 nitrogen and oxygen atoms in total. The van der Waals surface area contributed by atoms with Crippen molar-refractivity contribution in [3.63, 3.8) is 0 Å². The van der Waals surface area contributed by atoms with E-state index in [0.717, 1.165) is 47.3 Å². The number of benzene rings is 1. The normalized spacial score (nSPS) is 37.7. The Labute approximate surface area is 157 Å². The summed E-state index contributed by atoms with van der Waals surface area (Å²) in [7, 11) is 1.83. The van der Waals surface area contributed by atoms with Crippen molar-refractivity contribution in [3.05, 3.63) is 33.8 Å². The van der Waals surface area contributed by atoms with Gasteiger partial charge >= 0.3 is 0 Å². The Morgan fingerprint density at radius 1 is 1.25 bits per heavy atom. The number of hydrogen-bond donors (Lipinski definition) is 1.